The number of hydrogen-bond acceptors (Lipinski definition) is 4. The van der Waals surface area contributed by atoms with Gasteiger partial charge >= 0.3 is 6.03 Å². The maximum atomic E-state index is 12.5. The molecule has 1 aliphatic rings. The van der Waals surface area contributed by atoms with Crippen LogP contribution in [0.4, 0.5) is 4.79 Å². The largest absolute Gasteiger partial charge is 0.333 e. The predicted octanol–water partition coefficient (Wildman–Crippen LogP) is 2.06. The van der Waals surface area contributed by atoms with Gasteiger partial charge in [0.2, 0.25) is 10.0 Å². The highest BCUT2D eigenvalue weighted by molar-refractivity contribution is 7.88. The molecule has 23 heavy (non-hydrogen) atoms. The number of nitrogens with zero attached hydrogens (tertiary/aromatic N) is 1. The minimum atomic E-state index is -3.17. The third-order valence-electron chi connectivity index (χ3n) is 4.10. The fraction of sp³-hybridized carbons (Fsp3) is 0.667. The average Bonchev–Trinajstić information content (AvgIpc) is 2.89. The van der Waals surface area contributed by atoms with Crippen LogP contribution in [0.1, 0.15) is 36.1 Å². The van der Waals surface area contributed by atoms with E-state index in [0.29, 0.717) is 19.5 Å². The molecule has 0 aliphatic carbocycles. The highest BCUT2D eigenvalue weighted by Gasteiger charge is 2.26. The molecule has 2 heterocycles. The van der Waals surface area contributed by atoms with E-state index in [4.69, 9.17) is 0 Å². The monoisotopic (exact) mass is 359 g/mol. The number of urea groups is 1. The van der Waals surface area contributed by atoms with E-state index < -0.39 is 10.0 Å². The van der Waals surface area contributed by atoms with Gasteiger partial charge in [0.05, 0.1) is 12.8 Å². The number of sulfonamides is 1. The fourth-order valence-electron chi connectivity index (χ4n) is 2.82. The lowest BCUT2D eigenvalue weighted by Gasteiger charge is -2.35. The zero-order chi connectivity index (χ0) is 16.9. The maximum Gasteiger partial charge on any atom is 0.317 e. The van der Waals surface area contributed by atoms with Gasteiger partial charge in [0.1, 0.15) is 0 Å². The summed E-state index contributed by atoms with van der Waals surface area (Å²) >= 11 is 1.65. The highest BCUT2D eigenvalue weighted by Crippen LogP contribution is 2.20. The lowest BCUT2D eigenvalue weighted by atomic mass is 10.00. The van der Waals surface area contributed by atoms with E-state index in [1.54, 1.807) is 11.3 Å². The second-order valence-electron chi connectivity index (χ2n) is 5.98. The molecular formula is C15H25N3O3S2. The molecule has 1 fully saturated rings. The van der Waals surface area contributed by atoms with Gasteiger partial charge in [-0.15, -0.1) is 11.3 Å². The summed E-state index contributed by atoms with van der Waals surface area (Å²) in [5.41, 5.74) is 1.20. The first-order chi connectivity index (χ1) is 10.9. The Kier molecular flexibility index (Phi) is 6.43. The number of thiophene rings is 1. The van der Waals surface area contributed by atoms with Crippen molar-refractivity contribution in [2.45, 2.75) is 45.2 Å². The number of nitrogens with one attached hydrogen (secondary N) is 2. The summed E-state index contributed by atoms with van der Waals surface area (Å²) in [5, 5.41) is 5.02. The molecule has 1 aromatic heterocycles. The van der Waals surface area contributed by atoms with E-state index in [9.17, 15) is 13.2 Å². The van der Waals surface area contributed by atoms with Crippen molar-refractivity contribution in [1.29, 1.82) is 0 Å². The number of carbonyl (C=O) groups is 1. The topological polar surface area (TPSA) is 78.5 Å². The number of rotatable bonds is 6. The van der Waals surface area contributed by atoms with Crippen LogP contribution in [0.5, 0.6) is 0 Å². The quantitative estimate of drug-likeness (QED) is 0.816. The van der Waals surface area contributed by atoms with E-state index in [1.807, 2.05) is 23.3 Å². The molecule has 8 heteroatoms. The fourth-order valence-corrected chi connectivity index (χ4v) is 4.16. The zero-order valence-corrected chi connectivity index (χ0v) is 15.3. The summed E-state index contributed by atoms with van der Waals surface area (Å²) in [4.78, 5) is 15.5. The lowest BCUT2D eigenvalue weighted by molar-refractivity contribution is 0.147. The van der Waals surface area contributed by atoms with Crippen LogP contribution in [-0.2, 0) is 16.6 Å². The van der Waals surface area contributed by atoms with Crippen LogP contribution in [0.15, 0.2) is 11.4 Å². The summed E-state index contributed by atoms with van der Waals surface area (Å²) in [5.74, 6) is 0. The van der Waals surface area contributed by atoms with Crippen LogP contribution in [0.3, 0.4) is 0 Å². The third-order valence-corrected chi connectivity index (χ3v) is 5.85. The van der Waals surface area contributed by atoms with Gasteiger partial charge in [-0.2, -0.15) is 0 Å². The van der Waals surface area contributed by atoms with Gasteiger partial charge < -0.3 is 10.2 Å². The van der Waals surface area contributed by atoms with E-state index >= 15 is 0 Å². The zero-order valence-electron chi connectivity index (χ0n) is 13.7. The van der Waals surface area contributed by atoms with Crippen molar-refractivity contribution in [3.63, 3.8) is 0 Å². The molecule has 0 saturated carbocycles. The smallest absolute Gasteiger partial charge is 0.317 e. The van der Waals surface area contributed by atoms with Crippen LogP contribution in [-0.4, -0.2) is 44.7 Å². The Morgan fingerprint density at radius 1 is 1.43 bits per heavy atom. The molecule has 1 unspecified atom stereocenters. The summed E-state index contributed by atoms with van der Waals surface area (Å²) in [7, 11) is -3.17. The number of amides is 2. The Hall–Kier alpha value is -1.12. The van der Waals surface area contributed by atoms with Gasteiger partial charge in [-0.05, 0) is 49.6 Å². The van der Waals surface area contributed by atoms with Crippen LogP contribution in [0.25, 0.3) is 0 Å². The number of piperidine rings is 1. The van der Waals surface area contributed by atoms with Gasteiger partial charge in [0.25, 0.3) is 0 Å². The minimum absolute atomic E-state index is 0.0538. The Morgan fingerprint density at radius 3 is 2.87 bits per heavy atom. The van der Waals surface area contributed by atoms with E-state index in [2.05, 4.69) is 10.0 Å². The van der Waals surface area contributed by atoms with Gasteiger partial charge in [0.15, 0.2) is 0 Å². The molecule has 0 bridgehead atoms. The minimum Gasteiger partial charge on any atom is -0.333 e. The Morgan fingerprint density at radius 2 is 2.22 bits per heavy atom. The van der Waals surface area contributed by atoms with Gasteiger partial charge in [-0.3, -0.25) is 0 Å². The van der Waals surface area contributed by atoms with E-state index in [1.165, 1.54) is 10.4 Å². The molecule has 6 nitrogen and oxygen atoms in total. The number of hydrogen-bond donors (Lipinski definition) is 2. The van der Waals surface area contributed by atoms with Crippen molar-refractivity contribution in [1.82, 2.24) is 14.9 Å². The maximum absolute atomic E-state index is 12.5. The van der Waals surface area contributed by atoms with Crippen LogP contribution in [0.2, 0.25) is 0 Å². The predicted molar refractivity (Wildman–Crippen MR) is 93.1 cm³/mol. The molecular weight excluding hydrogens is 334 g/mol. The summed E-state index contributed by atoms with van der Waals surface area (Å²) in [6.07, 6.45) is 4.82. The molecule has 2 amide bonds. The molecule has 1 aromatic rings. The molecule has 1 saturated heterocycles. The standard InChI is InChI=1S/C15H25N3O3S2/c1-12-7-10-22-14(12)11-16-15(19)18-9-4-3-5-13(18)6-8-17-23(2,20)21/h7,10,13,17H,3-6,8-9,11H2,1-2H3,(H,16,19). The molecule has 1 atom stereocenters. The Balaban J connectivity index is 1.86. The first-order valence-electron chi connectivity index (χ1n) is 7.89. The molecule has 1 aliphatic heterocycles. The summed E-state index contributed by atoms with van der Waals surface area (Å²) in [6, 6.07) is 2.09. The van der Waals surface area contributed by atoms with Crippen molar-refractivity contribution < 1.29 is 13.2 Å². The summed E-state index contributed by atoms with van der Waals surface area (Å²) in [6.45, 7) is 3.70. The van der Waals surface area contributed by atoms with Crippen molar-refractivity contribution in [2.75, 3.05) is 19.3 Å². The SMILES string of the molecule is Cc1ccsc1CNC(=O)N1CCCCC1CCNS(C)(=O)=O. The van der Waals surface area contributed by atoms with Crippen molar-refractivity contribution in [2.24, 2.45) is 0 Å². The average molecular weight is 360 g/mol. The van der Waals surface area contributed by atoms with E-state index in [0.717, 1.165) is 32.1 Å². The highest BCUT2D eigenvalue weighted by atomic mass is 32.2. The van der Waals surface area contributed by atoms with Crippen LogP contribution in [0, 0.1) is 6.92 Å². The van der Waals surface area contributed by atoms with Gasteiger partial charge in [-0.25, -0.2) is 17.9 Å². The van der Waals surface area contributed by atoms with E-state index in [-0.39, 0.29) is 12.1 Å². The number of likely N-dealkylation sites (tertiary alicyclic amines) is 1. The lowest BCUT2D eigenvalue weighted by Crippen LogP contribution is -2.49. The van der Waals surface area contributed by atoms with Gasteiger partial charge in [-0.1, -0.05) is 0 Å². The second kappa shape index (κ2) is 8.12. The summed E-state index contributed by atoms with van der Waals surface area (Å²) < 4.78 is 24.8. The Labute approximate surface area is 142 Å². The first-order valence-corrected chi connectivity index (χ1v) is 10.7. The van der Waals surface area contributed by atoms with Crippen molar-refractivity contribution in [3.05, 3.63) is 21.9 Å². The molecule has 0 radical (unpaired) electrons. The Bertz CT molecular complexity index is 628. The number of carbonyl (C=O) groups excluding carboxylic acids is 1. The van der Waals surface area contributed by atoms with Gasteiger partial charge in [0, 0.05) is 24.0 Å². The molecule has 0 aromatic carbocycles. The van der Waals surface area contributed by atoms with Crippen LogP contribution >= 0.6 is 11.3 Å². The molecule has 2 rings (SSSR count). The van der Waals surface area contributed by atoms with Crippen LogP contribution < -0.4 is 10.0 Å². The first kappa shape index (κ1) is 18.2. The molecule has 130 valence electrons. The van der Waals surface area contributed by atoms with Crippen molar-refractivity contribution in [3.8, 4) is 0 Å². The third kappa shape index (κ3) is 5.78. The molecule has 0 spiro atoms. The molecule has 2 N–H and O–H groups in total. The second-order valence-corrected chi connectivity index (χ2v) is 8.82. The van der Waals surface area contributed by atoms with Crippen molar-refractivity contribution >= 4 is 27.4 Å². The number of aryl methyl sites for hydroxylation is 1. The normalized spacial score (nSPS) is 18.9.